The number of halogens is 1. The molecular weight excluding hydrogens is 313 g/mol. The van der Waals surface area contributed by atoms with Gasteiger partial charge in [-0.05, 0) is 49.2 Å². The molecular formula is C17H26FN3OS. The van der Waals surface area contributed by atoms with E-state index in [-0.39, 0.29) is 5.56 Å². The van der Waals surface area contributed by atoms with E-state index in [1.54, 1.807) is 19.1 Å². The Labute approximate surface area is 143 Å². The summed E-state index contributed by atoms with van der Waals surface area (Å²) >= 11 is 5.11. The fraction of sp³-hybridized carbons (Fsp3) is 0.529. The number of carbonyl (C=O) groups excluding carboxylic acids is 1. The van der Waals surface area contributed by atoms with Crippen LogP contribution < -0.4 is 16.2 Å². The molecule has 1 atom stereocenters. The summed E-state index contributed by atoms with van der Waals surface area (Å²) in [6, 6.07) is 4.35. The second-order valence-electron chi connectivity index (χ2n) is 5.85. The Hall–Kier alpha value is -1.69. The summed E-state index contributed by atoms with van der Waals surface area (Å²) in [6.45, 7) is 6.75. The number of rotatable bonds is 7. The molecule has 0 spiro atoms. The van der Waals surface area contributed by atoms with Crippen LogP contribution in [0.1, 0.15) is 55.5 Å². The molecule has 0 unspecified atom stereocenters. The smallest absolute Gasteiger partial charge is 0.269 e. The van der Waals surface area contributed by atoms with Crippen molar-refractivity contribution in [2.45, 2.75) is 46.5 Å². The molecule has 0 bridgehead atoms. The van der Waals surface area contributed by atoms with Crippen LogP contribution in [0.2, 0.25) is 0 Å². The molecule has 23 heavy (non-hydrogen) atoms. The highest BCUT2D eigenvalue weighted by molar-refractivity contribution is 7.80. The second kappa shape index (κ2) is 10.2. The van der Waals surface area contributed by atoms with Crippen molar-refractivity contribution in [2.75, 3.05) is 6.54 Å². The molecule has 4 nitrogen and oxygen atoms in total. The summed E-state index contributed by atoms with van der Waals surface area (Å²) < 4.78 is 13.4. The molecule has 1 amide bonds. The minimum Gasteiger partial charge on any atom is -0.361 e. The number of aryl methyl sites for hydroxylation is 1. The first-order chi connectivity index (χ1) is 10.9. The van der Waals surface area contributed by atoms with Crippen molar-refractivity contribution in [3.8, 4) is 0 Å². The number of amides is 1. The average molecular weight is 339 g/mol. The third-order valence-electron chi connectivity index (χ3n) is 3.64. The lowest BCUT2D eigenvalue weighted by Crippen LogP contribution is -2.47. The van der Waals surface area contributed by atoms with Gasteiger partial charge >= 0.3 is 0 Å². The maximum absolute atomic E-state index is 13.4. The molecule has 0 heterocycles. The van der Waals surface area contributed by atoms with Crippen LogP contribution in [-0.4, -0.2) is 17.6 Å². The lowest BCUT2D eigenvalue weighted by Gasteiger charge is -2.15. The normalized spacial score (nSPS) is 11.7. The SMILES string of the molecule is CCCCC[C@@H](C)CNC(=S)NNC(=O)c1ccc(C)c(F)c1. The van der Waals surface area contributed by atoms with Crippen molar-refractivity contribution in [1.29, 1.82) is 0 Å². The first-order valence-corrected chi connectivity index (χ1v) is 8.45. The van der Waals surface area contributed by atoms with Crippen molar-refractivity contribution in [2.24, 2.45) is 5.92 Å². The van der Waals surface area contributed by atoms with Gasteiger partial charge in [0.1, 0.15) is 5.82 Å². The first-order valence-electron chi connectivity index (χ1n) is 8.04. The topological polar surface area (TPSA) is 53.2 Å². The molecule has 0 fully saturated rings. The van der Waals surface area contributed by atoms with E-state index in [1.807, 2.05) is 0 Å². The quantitative estimate of drug-likeness (QED) is 0.404. The zero-order valence-corrected chi connectivity index (χ0v) is 14.9. The van der Waals surface area contributed by atoms with E-state index in [1.165, 1.54) is 25.3 Å². The van der Waals surface area contributed by atoms with Gasteiger partial charge in [0, 0.05) is 12.1 Å². The molecule has 0 aliphatic carbocycles. The number of benzene rings is 1. The summed E-state index contributed by atoms with van der Waals surface area (Å²) in [7, 11) is 0. The Bertz CT molecular complexity index is 537. The van der Waals surface area contributed by atoms with Crippen molar-refractivity contribution >= 4 is 23.2 Å². The highest BCUT2D eigenvalue weighted by Gasteiger charge is 2.08. The van der Waals surface area contributed by atoms with E-state index >= 15 is 0 Å². The van der Waals surface area contributed by atoms with Gasteiger partial charge in [-0.2, -0.15) is 0 Å². The monoisotopic (exact) mass is 339 g/mol. The summed E-state index contributed by atoms with van der Waals surface area (Å²) in [5.74, 6) is -0.313. The van der Waals surface area contributed by atoms with Crippen molar-refractivity contribution in [3.63, 3.8) is 0 Å². The Morgan fingerprint density at radius 3 is 2.70 bits per heavy atom. The van der Waals surface area contributed by atoms with Crippen LogP contribution >= 0.6 is 12.2 Å². The molecule has 0 saturated heterocycles. The average Bonchev–Trinajstić information content (AvgIpc) is 2.53. The van der Waals surface area contributed by atoms with E-state index in [0.717, 1.165) is 13.0 Å². The largest absolute Gasteiger partial charge is 0.361 e. The third-order valence-corrected chi connectivity index (χ3v) is 3.88. The van der Waals surface area contributed by atoms with Gasteiger partial charge in [-0.25, -0.2) is 4.39 Å². The third kappa shape index (κ3) is 7.41. The van der Waals surface area contributed by atoms with Crippen LogP contribution in [0.3, 0.4) is 0 Å². The van der Waals surface area contributed by atoms with Crippen LogP contribution in [0.5, 0.6) is 0 Å². The maximum Gasteiger partial charge on any atom is 0.269 e. The van der Waals surface area contributed by atoms with Crippen molar-refractivity contribution in [1.82, 2.24) is 16.2 Å². The van der Waals surface area contributed by atoms with Crippen LogP contribution in [0.4, 0.5) is 4.39 Å². The lowest BCUT2D eigenvalue weighted by atomic mass is 10.0. The predicted octanol–water partition coefficient (Wildman–Crippen LogP) is 3.46. The van der Waals surface area contributed by atoms with Gasteiger partial charge in [0.2, 0.25) is 0 Å². The van der Waals surface area contributed by atoms with Gasteiger partial charge < -0.3 is 5.32 Å². The Morgan fingerprint density at radius 1 is 1.30 bits per heavy atom. The van der Waals surface area contributed by atoms with E-state index in [0.29, 0.717) is 16.6 Å². The van der Waals surface area contributed by atoms with Gasteiger partial charge in [0.05, 0.1) is 0 Å². The Balaban J connectivity index is 2.29. The van der Waals surface area contributed by atoms with Crippen molar-refractivity contribution in [3.05, 3.63) is 35.1 Å². The molecule has 0 aliphatic rings. The summed E-state index contributed by atoms with van der Waals surface area (Å²) in [5, 5.41) is 3.42. The second-order valence-corrected chi connectivity index (χ2v) is 6.26. The fourth-order valence-electron chi connectivity index (χ4n) is 2.08. The van der Waals surface area contributed by atoms with E-state index in [9.17, 15) is 9.18 Å². The summed E-state index contributed by atoms with van der Waals surface area (Å²) in [5.41, 5.74) is 5.85. The number of hydrogen-bond donors (Lipinski definition) is 3. The van der Waals surface area contributed by atoms with E-state index in [4.69, 9.17) is 12.2 Å². The Morgan fingerprint density at radius 2 is 2.04 bits per heavy atom. The molecule has 1 aromatic carbocycles. The van der Waals surface area contributed by atoms with E-state index in [2.05, 4.69) is 30.0 Å². The van der Waals surface area contributed by atoms with Gasteiger partial charge in [-0.3, -0.25) is 15.6 Å². The maximum atomic E-state index is 13.4. The standard InChI is InChI=1S/C17H26FN3OS/c1-4-5-6-7-12(2)11-19-17(23)21-20-16(22)14-9-8-13(3)15(18)10-14/h8-10,12H,4-7,11H2,1-3H3,(H,20,22)(H2,19,21,23)/t12-/m1/s1. The number of unbranched alkanes of at least 4 members (excludes halogenated alkanes) is 2. The zero-order valence-electron chi connectivity index (χ0n) is 14.0. The fourth-order valence-corrected chi connectivity index (χ4v) is 2.21. The Kier molecular flexibility index (Phi) is 8.55. The molecule has 0 saturated carbocycles. The predicted molar refractivity (Wildman–Crippen MR) is 95.6 cm³/mol. The molecule has 0 aromatic heterocycles. The highest BCUT2D eigenvalue weighted by Crippen LogP contribution is 2.09. The number of carbonyl (C=O) groups is 1. The highest BCUT2D eigenvalue weighted by atomic mass is 32.1. The van der Waals surface area contributed by atoms with Crippen LogP contribution in [-0.2, 0) is 0 Å². The number of nitrogens with one attached hydrogen (secondary N) is 3. The molecule has 128 valence electrons. The molecule has 1 rings (SSSR count). The lowest BCUT2D eigenvalue weighted by molar-refractivity contribution is 0.0943. The van der Waals surface area contributed by atoms with Crippen LogP contribution in [0, 0.1) is 18.7 Å². The van der Waals surface area contributed by atoms with Gasteiger partial charge in [0.15, 0.2) is 5.11 Å². The molecule has 0 aliphatic heterocycles. The minimum absolute atomic E-state index is 0.247. The molecule has 3 N–H and O–H groups in total. The molecule has 1 aromatic rings. The van der Waals surface area contributed by atoms with E-state index < -0.39 is 11.7 Å². The van der Waals surface area contributed by atoms with Gasteiger partial charge in [-0.15, -0.1) is 0 Å². The number of hydrazine groups is 1. The number of hydrogen-bond acceptors (Lipinski definition) is 2. The van der Waals surface area contributed by atoms with Crippen LogP contribution in [0.15, 0.2) is 18.2 Å². The van der Waals surface area contributed by atoms with Crippen LogP contribution in [0.25, 0.3) is 0 Å². The zero-order chi connectivity index (χ0) is 17.2. The number of thiocarbonyl (C=S) groups is 1. The summed E-state index contributed by atoms with van der Waals surface area (Å²) in [6.07, 6.45) is 4.83. The first kappa shape index (κ1) is 19.4. The minimum atomic E-state index is -0.427. The molecule has 6 heteroatoms. The van der Waals surface area contributed by atoms with Gasteiger partial charge in [-0.1, -0.05) is 39.2 Å². The molecule has 0 radical (unpaired) electrons. The van der Waals surface area contributed by atoms with Crippen molar-refractivity contribution < 1.29 is 9.18 Å². The van der Waals surface area contributed by atoms with Gasteiger partial charge in [0.25, 0.3) is 5.91 Å². The summed E-state index contributed by atoms with van der Waals surface area (Å²) in [4.78, 5) is 11.9.